The Morgan fingerprint density at radius 2 is 1.94 bits per heavy atom. The molecule has 2 heterocycles. The third-order valence-electron chi connectivity index (χ3n) is 5.00. The maximum atomic E-state index is 12.7. The second-order valence-electron chi connectivity index (χ2n) is 7.33. The van der Waals surface area contributed by atoms with E-state index in [9.17, 15) is 9.59 Å². The second-order valence-corrected chi connectivity index (χ2v) is 7.73. The number of hydrogen-bond donors (Lipinski definition) is 3. The smallest absolute Gasteiger partial charge is 0.257 e. The number of para-hydroxylation sites is 1. The number of anilines is 2. The second kappa shape index (κ2) is 8.23. The first-order valence-electron chi connectivity index (χ1n) is 9.70. The number of halogens is 1. The van der Waals surface area contributed by atoms with E-state index in [0.717, 1.165) is 16.8 Å². The molecule has 2 aromatic heterocycles. The molecule has 0 fully saturated rings. The van der Waals surface area contributed by atoms with Crippen LogP contribution in [-0.4, -0.2) is 31.8 Å². The van der Waals surface area contributed by atoms with E-state index >= 15 is 0 Å². The van der Waals surface area contributed by atoms with Crippen molar-refractivity contribution < 1.29 is 9.59 Å². The van der Waals surface area contributed by atoms with Crippen LogP contribution in [0.4, 0.5) is 11.4 Å². The van der Waals surface area contributed by atoms with Crippen LogP contribution >= 0.6 is 11.6 Å². The van der Waals surface area contributed by atoms with Gasteiger partial charge >= 0.3 is 0 Å². The number of nitrogens with zero attached hydrogens (tertiary/aromatic N) is 3. The summed E-state index contributed by atoms with van der Waals surface area (Å²) in [5.41, 5.74) is 3.85. The van der Waals surface area contributed by atoms with Gasteiger partial charge in [-0.15, -0.1) is 0 Å². The molecule has 31 heavy (non-hydrogen) atoms. The molecule has 0 saturated heterocycles. The van der Waals surface area contributed by atoms with Gasteiger partial charge in [0.05, 0.1) is 33.7 Å². The van der Waals surface area contributed by atoms with Crippen LogP contribution in [0.25, 0.3) is 10.9 Å². The monoisotopic (exact) mass is 436 g/mol. The van der Waals surface area contributed by atoms with Gasteiger partial charge in [0.2, 0.25) is 5.91 Å². The maximum Gasteiger partial charge on any atom is 0.257 e. The van der Waals surface area contributed by atoms with E-state index in [-0.39, 0.29) is 11.8 Å². The minimum Gasteiger partial charge on any atom is -0.323 e. The lowest BCUT2D eigenvalue weighted by atomic mass is 10.1. The average Bonchev–Trinajstić information content (AvgIpc) is 3.34. The lowest BCUT2D eigenvalue weighted by Gasteiger charge is -2.16. The van der Waals surface area contributed by atoms with Gasteiger partial charge in [-0.1, -0.05) is 23.7 Å². The van der Waals surface area contributed by atoms with E-state index in [1.165, 1.54) is 0 Å². The molecule has 1 atom stereocenters. The van der Waals surface area contributed by atoms with Crippen LogP contribution in [0.1, 0.15) is 34.7 Å². The molecule has 3 N–H and O–H groups in total. The molecule has 2 aromatic carbocycles. The fourth-order valence-electron chi connectivity index (χ4n) is 3.44. The zero-order valence-electron chi connectivity index (χ0n) is 17.2. The highest BCUT2D eigenvalue weighted by molar-refractivity contribution is 6.34. The van der Waals surface area contributed by atoms with Crippen molar-refractivity contribution in [3.8, 4) is 0 Å². The Morgan fingerprint density at radius 1 is 1.13 bits per heavy atom. The van der Waals surface area contributed by atoms with Crippen LogP contribution in [0.5, 0.6) is 0 Å². The molecule has 0 aliphatic heterocycles. The summed E-state index contributed by atoms with van der Waals surface area (Å²) in [4.78, 5) is 25.4. The predicted molar refractivity (Wildman–Crippen MR) is 121 cm³/mol. The zero-order valence-corrected chi connectivity index (χ0v) is 18.0. The summed E-state index contributed by atoms with van der Waals surface area (Å²) in [6.45, 7) is 5.55. The van der Waals surface area contributed by atoms with E-state index in [1.54, 1.807) is 48.1 Å². The van der Waals surface area contributed by atoms with Gasteiger partial charge in [-0.2, -0.15) is 10.2 Å². The third-order valence-corrected chi connectivity index (χ3v) is 5.31. The summed E-state index contributed by atoms with van der Waals surface area (Å²) < 4.78 is 1.67. The van der Waals surface area contributed by atoms with Gasteiger partial charge < -0.3 is 10.6 Å². The van der Waals surface area contributed by atoms with Crippen LogP contribution in [0.2, 0.25) is 5.02 Å². The van der Waals surface area contributed by atoms with Crippen molar-refractivity contribution in [1.29, 1.82) is 0 Å². The minimum absolute atomic E-state index is 0.240. The van der Waals surface area contributed by atoms with E-state index in [2.05, 4.69) is 25.9 Å². The molecule has 0 saturated carbocycles. The number of benzene rings is 2. The Bertz CT molecular complexity index is 1290. The number of amides is 2. The molecule has 4 aromatic rings. The van der Waals surface area contributed by atoms with E-state index < -0.39 is 6.04 Å². The molecule has 9 heteroatoms. The fraction of sp³-hybridized carbons (Fsp3) is 0.182. The van der Waals surface area contributed by atoms with E-state index in [4.69, 9.17) is 11.6 Å². The predicted octanol–water partition coefficient (Wildman–Crippen LogP) is 4.48. The topological polar surface area (TPSA) is 105 Å². The minimum atomic E-state index is -0.501. The molecule has 158 valence electrons. The molecule has 8 nitrogen and oxygen atoms in total. The number of nitrogens with one attached hydrogen (secondary N) is 3. The fourth-order valence-corrected chi connectivity index (χ4v) is 3.66. The van der Waals surface area contributed by atoms with Gasteiger partial charge in [0.1, 0.15) is 6.04 Å². The number of hydrogen-bond acceptors (Lipinski definition) is 4. The molecule has 4 rings (SSSR count). The number of carbonyl (C=O) groups is 2. The SMILES string of the molecule is Cc1cc(C)n(C(C)C(=O)Nc2ccc(NC(=O)c3cccc4cn[nH]c34)cc2Cl)n1. The Labute approximate surface area is 183 Å². The average molecular weight is 437 g/mol. The van der Waals surface area contributed by atoms with Crippen molar-refractivity contribution in [2.45, 2.75) is 26.8 Å². The van der Waals surface area contributed by atoms with Gasteiger partial charge in [-0.25, -0.2) is 0 Å². The summed E-state index contributed by atoms with van der Waals surface area (Å²) in [6.07, 6.45) is 1.66. The highest BCUT2D eigenvalue weighted by Gasteiger charge is 2.19. The Hall–Kier alpha value is -3.65. The first kappa shape index (κ1) is 20.6. The summed E-state index contributed by atoms with van der Waals surface area (Å²) in [7, 11) is 0. The van der Waals surface area contributed by atoms with Gasteiger partial charge in [-0.3, -0.25) is 19.4 Å². The number of aromatic nitrogens is 4. The van der Waals surface area contributed by atoms with Crippen LogP contribution in [0.3, 0.4) is 0 Å². The van der Waals surface area contributed by atoms with Crippen molar-refractivity contribution in [2.75, 3.05) is 10.6 Å². The van der Waals surface area contributed by atoms with Gasteiger partial charge in [0.15, 0.2) is 0 Å². The molecule has 1 unspecified atom stereocenters. The Kier molecular flexibility index (Phi) is 5.48. The number of carbonyl (C=O) groups excluding carboxylic acids is 2. The summed E-state index contributed by atoms with van der Waals surface area (Å²) >= 11 is 6.36. The zero-order chi connectivity index (χ0) is 22.1. The van der Waals surface area contributed by atoms with Crippen LogP contribution < -0.4 is 10.6 Å². The third kappa shape index (κ3) is 4.15. The molecule has 0 bridgehead atoms. The van der Waals surface area contributed by atoms with Crippen molar-refractivity contribution >= 4 is 45.7 Å². The number of fused-ring (bicyclic) bond motifs is 1. The number of aryl methyl sites for hydroxylation is 2. The maximum absolute atomic E-state index is 12.7. The number of H-pyrrole nitrogens is 1. The standard InChI is InChI=1S/C22H21ClN6O2/c1-12-9-13(2)29(28-12)14(3)21(30)26-19-8-7-16(10-18(19)23)25-22(31)17-6-4-5-15-11-24-27-20(15)17/h4-11,14H,1-3H3,(H,24,27)(H,25,31)(H,26,30). The van der Waals surface area contributed by atoms with Crippen molar-refractivity contribution in [1.82, 2.24) is 20.0 Å². The molecule has 0 radical (unpaired) electrons. The quantitative estimate of drug-likeness (QED) is 0.429. The first-order valence-corrected chi connectivity index (χ1v) is 10.1. The summed E-state index contributed by atoms with van der Waals surface area (Å²) in [6, 6.07) is 11.7. The van der Waals surface area contributed by atoms with Gasteiger partial charge in [0, 0.05) is 16.8 Å². The molecule has 2 amide bonds. The summed E-state index contributed by atoms with van der Waals surface area (Å²) in [5.74, 6) is -0.531. The summed E-state index contributed by atoms with van der Waals surface area (Å²) in [5, 5.41) is 18.0. The molecule has 0 spiro atoms. The Balaban J connectivity index is 1.48. The van der Waals surface area contributed by atoms with Crippen molar-refractivity contribution in [3.05, 3.63) is 70.6 Å². The van der Waals surface area contributed by atoms with E-state index in [1.807, 2.05) is 26.0 Å². The molecular weight excluding hydrogens is 416 g/mol. The van der Waals surface area contributed by atoms with Crippen LogP contribution in [0.15, 0.2) is 48.7 Å². The number of rotatable bonds is 5. The van der Waals surface area contributed by atoms with Gasteiger partial charge in [0.25, 0.3) is 5.91 Å². The van der Waals surface area contributed by atoms with Crippen molar-refractivity contribution in [2.24, 2.45) is 0 Å². The molecule has 0 aliphatic rings. The first-order chi connectivity index (χ1) is 14.8. The van der Waals surface area contributed by atoms with Crippen LogP contribution in [-0.2, 0) is 4.79 Å². The van der Waals surface area contributed by atoms with Gasteiger partial charge in [-0.05, 0) is 51.1 Å². The van der Waals surface area contributed by atoms with E-state index in [0.29, 0.717) is 27.5 Å². The largest absolute Gasteiger partial charge is 0.323 e. The highest BCUT2D eigenvalue weighted by atomic mass is 35.5. The normalized spacial score (nSPS) is 12.0. The molecular formula is C22H21ClN6O2. The van der Waals surface area contributed by atoms with Crippen LogP contribution in [0, 0.1) is 13.8 Å². The lowest BCUT2D eigenvalue weighted by Crippen LogP contribution is -2.25. The lowest BCUT2D eigenvalue weighted by molar-refractivity contribution is -0.119. The Morgan fingerprint density at radius 3 is 2.65 bits per heavy atom. The number of aromatic amines is 1. The molecule has 0 aliphatic carbocycles. The highest BCUT2D eigenvalue weighted by Crippen LogP contribution is 2.27. The van der Waals surface area contributed by atoms with Crippen molar-refractivity contribution in [3.63, 3.8) is 0 Å².